The average molecular weight is 528 g/mol. The number of aliphatic hydroxyl groups excluding tert-OH is 1. The zero-order valence-corrected chi connectivity index (χ0v) is 23.4. The second-order valence-electron chi connectivity index (χ2n) is 9.29. The van der Waals surface area contributed by atoms with Crippen LogP contribution in [0.15, 0.2) is 46.5 Å². The van der Waals surface area contributed by atoms with Gasteiger partial charge in [0, 0.05) is 17.0 Å². The van der Waals surface area contributed by atoms with Crippen molar-refractivity contribution in [3.63, 3.8) is 0 Å². The van der Waals surface area contributed by atoms with Crippen molar-refractivity contribution < 1.29 is 14.7 Å². The molecule has 0 radical (unpaired) electrons. The molecule has 2 aliphatic carbocycles. The number of carbonyl (C=O) groups excluding carboxylic acids is 2. The summed E-state index contributed by atoms with van der Waals surface area (Å²) in [6.07, 6.45) is 11.9. The summed E-state index contributed by atoms with van der Waals surface area (Å²) in [6, 6.07) is 0. The van der Waals surface area contributed by atoms with Crippen LogP contribution in [0.2, 0.25) is 0 Å². The third-order valence-corrected chi connectivity index (χ3v) is 6.96. The molecule has 0 heterocycles. The van der Waals surface area contributed by atoms with Gasteiger partial charge in [-0.1, -0.05) is 66.1 Å². The molecule has 3 atom stereocenters. The molecular weight excluding hydrogens is 480 g/mol. The van der Waals surface area contributed by atoms with Crippen LogP contribution in [-0.2, 0) is 9.59 Å². The van der Waals surface area contributed by atoms with Gasteiger partial charge in [0.1, 0.15) is 6.79 Å². The van der Waals surface area contributed by atoms with E-state index in [2.05, 4.69) is 47.7 Å². The largest absolute Gasteiger partial charge is 0.396 e. The Morgan fingerprint density at radius 3 is 2.06 bits per heavy atom. The first-order valence-corrected chi connectivity index (χ1v) is 12.4. The summed E-state index contributed by atoms with van der Waals surface area (Å²) < 4.78 is 1.15. The number of allylic oxidation sites excluding steroid dienone is 6. The number of nitrogens with one attached hydrogen (secondary N) is 1. The van der Waals surface area contributed by atoms with E-state index in [0.29, 0.717) is 6.54 Å². The smallest absolute Gasteiger partial charge is 0.224 e. The molecule has 2 fully saturated rings. The Kier molecular flexibility index (Phi) is 18.3. The summed E-state index contributed by atoms with van der Waals surface area (Å²) in [7, 11) is 0. The molecule has 2 rings (SSSR count). The SMILES string of the molecule is C=C(C)C(C)(C)NC(=O)C1C(CN)CC1CO.C=O.CC1CC1.C\C=C/C=C(Br)\C(C)=C\C. The summed E-state index contributed by atoms with van der Waals surface area (Å²) in [5, 5.41) is 12.2. The Morgan fingerprint density at radius 2 is 1.73 bits per heavy atom. The number of nitrogens with two attached hydrogens (primary N) is 1. The van der Waals surface area contributed by atoms with E-state index in [1.807, 2.05) is 59.6 Å². The molecule has 0 spiro atoms. The van der Waals surface area contributed by atoms with Gasteiger partial charge >= 0.3 is 0 Å². The average Bonchev–Trinajstić information content (AvgIpc) is 3.55. The highest BCUT2D eigenvalue weighted by Gasteiger charge is 2.45. The first-order valence-electron chi connectivity index (χ1n) is 11.6. The highest BCUT2D eigenvalue weighted by molar-refractivity contribution is 9.12. The lowest BCUT2D eigenvalue weighted by Crippen LogP contribution is -2.55. The van der Waals surface area contributed by atoms with Gasteiger partial charge in [-0.2, -0.15) is 0 Å². The van der Waals surface area contributed by atoms with Gasteiger partial charge in [-0.05, 0) is 83.9 Å². The quantitative estimate of drug-likeness (QED) is 0.293. The maximum atomic E-state index is 12.2. The van der Waals surface area contributed by atoms with E-state index < -0.39 is 5.54 Å². The van der Waals surface area contributed by atoms with Gasteiger partial charge in [0.2, 0.25) is 5.91 Å². The van der Waals surface area contributed by atoms with Crippen LogP contribution in [-0.4, -0.2) is 36.5 Å². The number of aliphatic hydroxyl groups is 1. The Balaban J connectivity index is 0. The number of halogens is 1. The molecular formula is C27H47BrN2O3. The van der Waals surface area contributed by atoms with Crippen molar-refractivity contribution in [1.82, 2.24) is 5.32 Å². The third-order valence-electron chi connectivity index (χ3n) is 6.07. The highest BCUT2D eigenvalue weighted by atomic mass is 79.9. The molecule has 33 heavy (non-hydrogen) atoms. The van der Waals surface area contributed by atoms with Crippen LogP contribution in [0.1, 0.15) is 67.7 Å². The highest BCUT2D eigenvalue weighted by Crippen LogP contribution is 2.40. The van der Waals surface area contributed by atoms with Crippen molar-refractivity contribution >= 4 is 28.6 Å². The van der Waals surface area contributed by atoms with Gasteiger partial charge in [-0.25, -0.2) is 0 Å². The molecule has 1 amide bonds. The van der Waals surface area contributed by atoms with E-state index in [0.717, 1.165) is 22.4 Å². The van der Waals surface area contributed by atoms with Crippen LogP contribution >= 0.6 is 15.9 Å². The van der Waals surface area contributed by atoms with Gasteiger partial charge in [-0.15, -0.1) is 0 Å². The van der Waals surface area contributed by atoms with Crippen molar-refractivity contribution in [2.75, 3.05) is 13.2 Å². The molecule has 190 valence electrons. The first-order chi connectivity index (χ1) is 15.4. The van der Waals surface area contributed by atoms with Gasteiger partial charge in [0.05, 0.1) is 5.54 Å². The van der Waals surface area contributed by atoms with Crippen molar-refractivity contribution in [1.29, 1.82) is 0 Å². The molecule has 0 saturated heterocycles. The molecule has 0 aliphatic heterocycles. The molecule has 0 aromatic carbocycles. The minimum atomic E-state index is -0.411. The number of amides is 1. The fourth-order valence-corrected chi connectivity index (χ4v) is 3.23. The van der Waals surface area contributed by atoms with Crippen molar-refractivity contribution in [3.8, 4) is 0 Å². The number of rotatable bonds is 7. The normalized spacial score (nSPS) is 22.4. The van der Waals surface area contributed by atoms with Gasteiger partial charge < -0.3 is 21.0 Å². The van der Waals surface area contributed by atoms with Crippen LogP contribution in [0, 0.1) is 23.7 Å². The fraction of sp³-hybridized carbons (Fsp3) is 0.630. The zero-order valence-electron chi connectivity index (χ0n) is 21.8. The van der Waals surface area contributed by atoms with Crippen LogP contribution < -0.4 is 11.1 Å². The monoisotopic (exact) mass is 526 g/mol. The molecule has 2 aliphatic rings. The van der Waals surface area contributed by atoms with Crippen LogP contribution in [0.3, 0.4) is 0 Å². The molecule has 5 nitrogen and oxygen atoms in total. The van der Waals surface area contributed by atoms with Crippen molar-refractivity contribution in [3.05, 3.63) is 46.5 Å². The minimum Gasteiger partial charge on any atom is -0.396 e. The zero-order chi connectivity index (χ0) is 26.2. The standard InChI is InChI=1S/C13H24N2O2.C9H13Br.C4H8.CH2O/c1-8(2)13(3,4)15-12(17)11-9(6-14)5-10(11)7-16;1-4-6-7-9(10)8(3)5-2;1-4-2-3-4;1-2/h9-11,16H,1,5-7,14H2,2-4H3,(H,15,17);4-7H,1-3H3;4H,2-3H2,1H3;1H2/b;6-4-,8-5+,9-7+;;. The van der Waals surface area contributed by atoms with Crippen LogP contribution in [0.5, 0.6) is 0 Å². The molecule has 4 N–H and O–H groups in total. The topological polar surface area (TPSA) is 92.4 Å². The van der Waals surface area contributed by atoms with E-state index in [1.165, 1.54) is 18.4 Å². The lowest BCUT2D eigenvalue weighted by molar-refractivity contribution is -0.137. The van der Waals surface area contributed by atoms with Crippen LogP contribution in [0.25, 0.3) is 0 Å². The second-order valence-corrected chi connectivity index (χ2v) is 10.1. The van der Waals surface area contributed by atoms with Crippen molar-refractivity contribution in [2.24, 2.45) is 29.4 Å². The van der Waals surface area contributed by atoms with Crippen LogP contribution in [0.4, 0.5) is 0 Å². The Bertz CT molecular complexity index is 669. The molecule has 2 saturated carbocycles. The first kappa shape index (κ1) is 33.7. The third kappa shape index (κ3) is 13.7. The molecule has 0 bridgehead atoms. The summed E-state index contributed by atoms with van der Waals surface area (Å²) in [5.74, 6) is 1.18. The number of carbonyl (C=O) groups is 2. The predicted octanol–water partition coefficient (Wildman–Crippen LogP) is 5.70. The lowest BCUT2D eigenvalue weighted by Gasteiger charge is -2.43. The molecule has 3 unspecified atom stereocenters. The van der Waals surface area contributed by atoms with E-state index in [-0.39, 0.29) is 30.3 Å². The Morgan fingerprint density at radius 1 is 1.21 bits per heavy atom. The van der Waals surface area contributed by atoms with Crippen molar-refractivity contribution in [2.45, 2.75) is 73.3 Å². The second kappa shape index (κ2) is 17.9. The maximum Gasteiger partial charge on any atom is 0.224 e. The summed E-state index contributed by atoms with van der Waals surface area (Å²) in [4.78, 5) is 20.2. The van der Waals surface area contributed by atoms with Gasteiger partial charge in [0.15, 0.2) is 0 Å². The summed E-state index contributed by atoms with van der Waals surface area (Å²) in [6.45, 7) is 20.6. The van der Waals surface area contributed by atoms with Gasteiger partial charge in [-0.3, -0.25) is 4.79 Å². The van der Waals surface area contributed by atoms with E-state index in [4.69, 9.17) is 10.5 Å². The van der Waals surface area contributed by atoms with E-state index in [9.17, 15) is 9.90 Å². The maximum absolute atomic E-state index is 12.2. The fourth-order valence-electron chi connectivity index (χ4n) is 2.84. The minimum absolute atomic E-state index is 0.0150. The molecule has 0 aromatic heterocycles. The summed E-state index contributed by atoms with van der Waals surface area (Å²) >= 11 is 3.45. The molecule has 0 aromatic rings. The summed E-state index contributed by atoms with van der Waals surface area (Å²) in [5.41, 5.74) is 7.39. The Labute approximate surface area is 210 Å². The number of hydrogen-bond acceptors (Lipinski definition) is 4. The Hall–Kier alpha value is -1.50. The number of hydrogen-bond donors (Lipinski definition) is 3. The molecule has 6 heteroatoms. The van der Waals surface area contributed by atoms with Gasteiger partial charge in [0.25, 0.3) is 0 Å². The van der Waals surface area contributed by atoms with E-state index in [1.54, 1.807) is 0 Å². The predicted molar refractivity (Wildman–Crippen MR) is 145 cm³/mol. The lowest BCUT2D eigenvalue weighted by atomic mass is 9.64. The van der Waals surface area contributed by atoms with E-state index >= 15 is 0 Å².